The molecule has 204 valence electrons. The van der Waals surface area contributed by atoms with Crippen molar-refractivity contribution < 1.29 is 32.1 Å². The molecular formula is C25H29FN4O7S. The van der Waals surface area contributed by atoms with E-state index in [9.17, 15) is 32.5 Å². The predicted octanol–water partition coefficient (Wildman–Crippen LogP) is 3.65. The molecular weight excluding hydrogens is 519 g/mol. The van der Waals surface area contributed by atoms with Crippen molar-refractivity contribution in [1.29, 1.82) is 0 Å². The molecule has 0 bridgehead atoms. The van der Waals surface area contributed by atoms with Crippen molar-refractivity contribution in [3.05, 3.63) is 70.0 Å². The van der Waals surface area contributed by atoms with Crippen LogP contribution in [0, 0.1) is 21.8 Å². The van der Waals surface area contributed by atoms with Crippen LogP contribution in [0.5, 0.6) is 0 Å². The number of carbonyl (C=O) groups is 2. The number of nitrogens with zero attached hydrogens (tertiary/aromatic N) is 3. The van der Waals surface area contributed by atoms with Crippen LogP contribution in [0.15, 0.2) is 58.4 Å². The number of hydrogen-bond donors (Lipinski definition) is 1. The molecule has 0 aromatic heterocycles. The minimum atomic E-state index is -3.93. The summed E-state index contributed by atoms with van der Waals surface area (Å²) >= 11 is 0. The first-order chi connectivity index (χ1) is 17.9. The van der Waals surface area contributed by atoms with E-state index in [0.717, 1.165) is 6.07 Å². The van der Waals surface area contributed by atoms with Gasteiger partial charge in [0, 0.05) is 24.4 Å². The summed E-state index contributed by atoms with van der Waals surface area (Å²) in [5.41, 5.74) is 0.385. The smallest absolute Gasteiger partial charge is 0.344 e. The van der Waals surface area contributed by atoms with Crippen molar-refractivity contribution in [2.75, 3.05) is 19.0 Å². The van der Waals surface area contributed by atoms with Gasteiger partial charge in [0.05, 0.1) is 17.1 Å². The van der Waals surface area contributed by atoms with E-state index in [1.807, 2.05) is 0 Å². The second kappa shape index (κ2) is 12.2. The molecule has 3 rings (SSSR count). The summed E-state index contributed by atoms with van der Waals surface area (Å²) < 4.78 is 44.2. The van der Waals surface area contributed by atoms with Gasteiger partial charge in [0.25, 0.3) is 5.69 Å². The Hall–Kier alpha value is -3.71. The Morgan fingerprint density at radius 2 is 1.95 bits per heavy atom. The van der Waals surface area contributed by atoms with E-state index in [1.165, 1.54) is 48.2 Å². The minimum absolute atomic E-state index is 0.0567. The van der Waals surface area contributed by atoms with Crippen LogP contribution < -0.4 is 5.32 Å². The summed E-state index contributed by atoms with van der Waals surface area (Å²) in [6.45, 7) is 5.09. The number of hydrogen-bond acceptors (Lipinski definition) is 8. The summed E-state index contributed by atoms with van der Waals surface area (Å²) in [5, 5.41) is 14.1. The van der Waals surface area contributed by atoms with Gasteiger partial charge >= 0.3 is 12.0 Å². The number of sulfone groups is 1. The zero-order valence-corrected chi connectivity index (χ0v) is 22.0. The fraction of sp³-hybridized carbons (Fsp3) is 0.400. The molecule has 1 N–H and O–H groups in total. The number of non-ortho nitro benzene ring substituents is 1. The Labute approximate surface area is 219 Å². The van der Waals surface area contributed by atoms with Gasteiger partial charge in [-0.05, 0) is 51.4 Å². The van der Waals surface area contributed by atoms with Crippen molar-refractivity contribution in [2.45, 2.75) is 44.2 Å². The maximum Gasteiger partial charge on any atom is 0.344 e. The number of amides is 2. The lowest BCUT2D eigenvalue weighted by Gasteiger charge is -2.38. The summed E-state index contributed by atoms with van der Waals surface area (Å²) in [4.78, 5) is 41.7. The van der Waals surface area contributed by atoms with Crippen LogP contribution in [-0.4, -0.2) is 61.0 Å². The van der Waals surface area contributed by atoms with Crippen LogP contribution >= 0.6 is 0 Å². The highest BCUT2D eigenvalue weighted by Gasteiger charge is 2.43. The van der Waals surface area contributed by atoms with E-state index in [-0.39, 0.29) is 30.9 Å². The molecule has 11 nitrogen and oxygen atoms in total. The first kappa shape index (κ1) is 28.9. The van der Waals surface area contributed by atoms with Crippen molar-refractivity contribution in [1.82, 2.24) is 10.2 Å². The highest BCUT2D eigenvalue weighted by molar-refractivity contribution is 7.91. The fourth-order valence-corrected chi connectivity index (χ4v) is 5.42. The second-order valence-corrected chi connectivity index (χ2v) is 11.0. The van der Waals surface area contributed by atoms with Crippen molar-refractivity contribution in [3.63, 3.8) is 0 Å². The molecule has 2 amide bonds. The van der Waals surface area contributed by atoms with Gasteiger partial charge in [-0.1, -0.05) is 24.3 Å². The predicted molar refractivity (Wildman–Crippen MR) is 137 cm³/mol. The third-order valence-electron chi connectivity index (χ3n) is 5.86. The van der Waals surface area contributed by atoms with Gasteiger partial charge < -0.3 is 15.0 Å². The fourth-order valence-electron chi connectivity index (χ4n) is 4.20. The van der Waals surface area contributed by atoms with Gasteiger partial charge in [-0.15, -0.1) is 0 Å². The quantitative estimate of drug-likeness (QED) is 0.194. The Morgan fingerprint density at radius 1 is 1.24 bits per heavy atom. The van der Waals surface area contributed by atoms with Crippen LogP contribution in [0.1, 0.15) is 38.8 Å². The van der Waals surface area contributed by atoms with Crippen LogP contribution in [0.4, 0.5) is 14.9 Å². The normalized spacial score (nSPS) is 17.9. The number of halogens is 1. The van der Waals surface area contributed by atoms with Gasteiger partial charge in [0.2, 0.25) is 0 Å². The highest BCUT2D eigenvalue weighted by Crippen LogP contribution is 2.36. The Kier molecular flexibility index (Phi) is 9.28. The van der Waals surface area contributed by atoms with Crippen LogP contribution in [0.3, 0.4) is 0 Å². The zero-order chi connectivity index (χ0) is 28.0. The number of ether oxygens (including phenoxy) is 1. The number of rotatable bonds is 11. The number of nitrogens with one attached hydrogen (secondary N) is 1. The molecule has 38 heavy (non-hydrogen) atoms. The lowest BCUT2D eigenvalue weighted by molar-refractivity contribution is -0.385. The minimum Gasteiger partial charge on any atom is -0.462 e. The maximum atomic E-state index is 13.9. The molecule has 2 unspecified atom stereocenters. The number of carbonyl (C=O) groups excluding carboxylic acids is 2. The summed E-state index contributed by atoms with van der Waals surface area (Å²) in [5.74, 6) is -2.98. The number of aliphatic imine (C=N–C) groups is 1. The lowest BCUT2D eigenvalue weighted by Crippen LogP contribution is -2.48. The largest absolute Gasteiger partial charge is 0.462 e. The van der Waals surface area contributed by atoms with Gasteiger partial charge in [0.15, 0.2) is 9.84 Å². The Balaban J connectivity index is 1.80. The highest BCUT2D eigenvalue weighted by atomic mass is 32.2. The monoisotopic (exact) mass is 548 g/mol. The van der Waals surface area contributed by atoms with Gasteiger partial charge in [-0.3, -0.25) is 14.9 Å². The lowest BCUT2D eigenvalue weighted by atomic mass is 9.86. The van der Waals surface area contributed by atoms with E-state index in [4.69, 9.17) is 4.74 Å². The van der Waals surface area contributed by atoms with Crippen LogP contribution in [0.25, 0.3) is 0 Å². The van der Waals surface area contributed by atoms with Gasteiger partial charge in [-0.25, -0.2) is 22.6 Å². The van der Waals surface area contributed by atoms with Crippen molar-refractivity contribution in [3.8, 4) is 0 Å². The molecule has 0 fully saturated rings. The molecule has 2 aromatic rings. The van der Waals surface area contributed by atoms with Gasteiger partial charge in [-0.2, -0.15) is 0 Å². The third-order valence-corrected chi connectivity index (χ3v) is 7.45. The standard InChI is InChI=1S/C25H29FN4O7S/c1-16(2)37-24(31)22-17(3)28-25(32)29(23(22)18-8-6-9-19(14-18)30(33)34)13-7-12-27-15-38(35,36)21-11-5-4-10-20(21)26/h4-6,8-11,14,16,22-23,27H,7,12-13,15H2,1-3H3. The molecule has 1 aliphatic rings. The molecule has 2 aromatic carbocycles. The van der Waals surface area contributed by atoms with Gasteiger partial charge in [0.1, 0.15) is 22.5 Å². The molecule has 13 heteroatoms. The van der Waals surface area contributed by atoms with E-state index in [2.05, 4.69) is 10.3 Å². The van der Waals surface area contributed by atoms with Crippen molar-refractivity contribution >= 4 is 33.2 Å². The summed E-state index contributed by atoms with van der Waals surface area (Å²) in [7, 11) is -3.93. The van der Waals surface area contributed by atoms with E-state index in [0.29, 0.717) is 5.56 Å². The summed E-state index contributed by atoms with van der Waals surface area (Å²) in [6.07, 6.45) is -0.183. The molecule has 2 atom stereocenters. The van der Waals surface area contributed by atoms with E-state index in [1.54, 1.807) is 19.9 Å². The first-order valence-corrected chi connectivity index (χ1v) is 13.6. The zero-order valence-electron chi connectivity index (χ0n) is 21.2. The Bertz CT molecular complexity index is 1350. The number of benzene rings is 2. The molecule has 1 heterocycles. The second-order valence-electron chi connectivity index (χ2n) is 9.03. The topological polar surface area (TPSA) is 148 Å². The van der Waals surface area contributed by atoms with Crippen molar-refractivity contribution in [2.24, 2.45) is 10.9 Å². The van der Waals surface area contributed by atoms with Crippen LogP contribution in [-0.2, 0) is 19.4 Å². The Morgan fingerprint density at radius 3 is 2.61 bits per heavy atom. The molecule has 0 radical (unpaired) electrons. The molecule has 1 aliphatic heterocycles. The molecule has 0 spiro atoms. The molecule has 0 saturated carbocycles. The average molecular weight is 549 g/mol. The van der Waals surface area contributed by atoms with E-state index < -0.39 is 61.4 Å². The molecule has 0 saturated heterocycles. The van der Waals surface area contributed by atoms with E-state index >= 15 is 0 Å². The number of esters is 1. The SMILES string of the molecule is CC1=NC(=O)N(CCCNCS(=O)(=O)c2ccccc2F)C(c2cccc([N+](=O)[O-])c2)C1C(=O)OC(C)C. The summed E-state index contributed by atoms with van der Waals surface area (Å²) in [6, 6.07) is 9.17. The number of urea groups is 1. The third kappa shape index (κ3) is 6.78. The average Bonchev–Trinajstić information content (AvgIpc) is 2.84. The number of nitro groups is 1. The first-order valence-electron chi connectivity index (χ1n) is 11.9. The number of nitro benzene ring substituents is 1. The van der Waals surface area contributed by atoms with Crippen LogP contribution in [0.2, 0.25) is 0 Å². The molecule has 0 aliphatic carbocycles. The maximum absolute atomic E-state index is 13.9.